The lowest BCUT2D eigenvalue weighted by Crippen LogP contribution is -2.39. The Bertz CT molecular complexity index is 309. The third kappa shape index (κ3) is 3.62. The molecular formula is C10H19N5O. The maximum absolute atomic E-state index is 11.7. The Kier molecular flexibility index (Phi) is 4.91. The first kappa shape index (κ1) is 12.6. The lowest BCUT2D eigenvalue weighted by atomic mass is 9.95. The molecular weight excluding hydrogens is 206 g/mol. The van der Waals surface area contributed by atoms with E-state index in [1.165, 1.54) is 0 Å². The van der Waals surface area contributed by atoms with E-state index < -0.39 is 0 Å². The Morgan fingerprint density at radius 2 is 2.31 bits per heavy atom. The first-order valence-corrected chi connectivity index (χ1v) is 5.47. The number of hydrogen-bond donors (Lipinski definition) is 2. The van der Waals surface area contributed by atoms with Gasteiger partial charge in [-0.15, -0.1) is 5.10 Å². The maximum Gasteiger partial charge on any atom is 0.224 e. The number of carbonyl (C=O) groups is 1. The van der Waals surface area contributed by atoms with Crippen LogP contribution in [0.1, 0.15) is 13.8 Å². The Hall–Kier alpha value is -1.43. The highest BCUT2D eigenvalue weighted by atomic mass is 16.1. The summed E-state index contributed by atoms with van der Waals surface area (Å²) in [6.07, 6.45) is 3.37. The Morgan fingerprint density at radius 1 is 1.56 bits per heavy atom. The molecule has 1 heterocycles. The molecule has 6 nitrogen and oxygen atoms in total. The van der Waals surface area contributed by atoms with Gasteiger partial charge in [0.25, 0.3) is 0 Å². The minimum absolute atomic E-state index is 0.0117. The highest BCUT2D eigenvalue weighted by molar-refractivity contribution is 5.79. The van der Waals surface area contributed by atoms with E-state index >= 15 is 0 Å². The van der Waals surface area contributed by atoms with Crippen molar-refractivity contribution in [3.05, 3.63) is 12.4 Å². The summed E-state index contributed by atoms with van der Waals surface area (Å²) in [5.41, 5.74) is 5.55. The van der Waals surface area contributed by atoms with Crippen LogP contribution in [0.25, 0.3) is 0 Å². The van der Waals surface area contributed by atoms with Gasteiger partial charge in [-0.3, -0.25) is 9.48 Å². The first-order chi connectivity index (χ1) is 7.65. The molecule has 0 aliphatic carbocycles. The molecule has 0 aliphatic heterocycles. The summed E-state index contributed by atoms with van der Waals surface area (Å²) in [6, 6.07) is 0. The van der Waals surface area contributed by atoms with Gasteiger partial charge in [0.1, 0.15) is 0 Å². The van der Waals surface area contributed by atoms with Gasteiger partial charge in [0.05, 0.1) is 18.7 Å². The molecule has 1 unspecified atom stereocenters. The van der Waals surface area contributed by atoms with Crippen LogP contribution in [0.2, 0.25) is 0 Å². The quantitative estimate of drug-likeness (QED) is 0.691. The summed E-state index contributed by atoms with van der Waals surface area (Å²) >= 11 is 0. The fourth-order valence-electron chi connectivity index (χ4n) is 1.46. The monoisotopic (exact) mass is 225 g/mol. The second kappa shape index (κ2) is 6.22. The lowest BCUT2D eigenvalue weighted by Gasteiger charge is -2.18. The van der Waals surface area contributed by atoms with E-state index in [1.807, 2.05) is 13.8 Å². The SMILES string of the molecule is CC(C)C(CN)C(=O)NCCn1ccnn1. The molecule has 1 aromatic rings. The molecule has 16 heavy (non-hydrogen) atoms. The first-order valence-electron chi connectivity index (χ1n) is 5.47. The van der Waals surface area contributed by atoms with E-state index in [4.69, 9.17) is 5.73 Å². The molecule has 1 atom stereocenters. The van der Waals surface area contributed by atoms with Crippen LogP contribution in [-0.2, 0) is 11.3 Å². The van der Waals surface area contributed by atoms with E-state index in [9.17, 15) is 4.79 Å². The maximum atomic E-state index is 11.7. The van der Waals surface area contributed by atoms with Gasteiger partial charge in [-0.05, 0) is 5.92 Å². The smallest absolute Gasteiger partial charge is 0.224 e. The molecule has 0 saturated heterocycles. The van der Waals surface area contributed by atoms with Crippen LogP contribution in [0.5, 0.6) is 0 Å². The van der Waals surface area contributed by atoms with Gasteiger partial charge >= 0.3 is 0 Å². The summed E-state index contributed by atoms with van der Waals surface area (Å²) in [5.74, 6) is 0.157. The van der Waals surface area contributed by atoms with Crippen molar-refractivity contribution in [2.75, 3.05) is 13.1 Å². The van der Waals surface area contributed by atoms with Crippen molar-refractivity contribution in [1.82, 2.24) is 20.3 Å². The number of nitrogens with zero attached hydrogens (tertiary/aromatic N) is 3. The predicted molar refractivity (Wildman–Crippen MR) is 60.4 cm³/mol. The van der Waals surface area contributed by atoms with Crippen molar-refractivity contribution in [3.63, 3.8) is 0 Å². The average Bonchev–Trinajstić information content (AvgIpc) is 2.71. The van der Waals surface area contributed by atoms with Gasteiger partial charge in [-0.2, -0.15) is 0 Å². The van der Waals surface area contributed by atoms with Gasteiger partial charge in [0, 0.05) is 19.3 Å². The molecule has 1 aromatic heterocycles. The van der Waals surface area contributed by atoms with Crippen molar-refractivity contribution < 1.29 is 4.79 Å². The Labute approximate surface area is 95.2 Å². The summed E-state index contributed by atoms with van der Waals surface area (Å²) < 4.78 is 1.67. The van der Waals surface area contributed by atoms with Crippen molar-refractivity contribution >= 4 is 5.91 Å². The van der Waals surface area contributed by atoms with Crippen LogP contribution in [0.4, 0.5) is 0 Å². The zero-order chi connectivity index (χ0) is 12.0. The van der Waals surface area contributed by atoms with Crippen molar-refractivity contribution in [2.45, 2.75) is 20.4 Å². The molecule has 3 N–H and O–H groups in total. The molecule has 1 rings (SSSR count). The molecule has 0 radical (unpaired) electrons. The van der Waals surface area contributed by atoms with E-state index in [1.54, 1.807) is 17.1 Å². The molecule has 0 saturated carbocycles. The minimum atomic E-state index is -0.115. The zero-order valence-corrected chi connectivity index (χ0v) is 9.76. The minimum Gasteiger partial charge on any atom is -0.354 e. The molecule has 90 valence electrons. The number of nitrogens with one attached hydrogen (secondary N) is 1. The summed E-state index contributed by atoms with van der Waals surface area (Å²) in [6.45, 7) is 5.54. The molecule has 6 heteroatoms. The van der Waals surface area contributed by atoms with Crippen molar-refractivity contribution in [2.24, 2.45) is 17.6 Å². The number of hydrogen-bond acceptors (Lipinski definition) is 4. The molecule has 0 fully saturated rings. The average molecular weight is 225 g/mol. The second-order valence-electron chi connectivity index (χ2n) is 4.04. The zero-order valence-electron chi connectivity index (χ0n) is 9.76. The number of amides is 1. The molecule has 0 bridgehead atoms. The van der Waals surface area contributed by atoms with Crippen LogP contribution in [0.3, 0.4) is 0 Å². The standard InChI is InChI=1S/C10H19N5O/c1-8(2)9(7-11)10(16)12-3-5-15-6-4-13-14-15/h4,6,8-9H,3,5,7,11H2,1-2H3,(H,12,16). The van der Waals surface area contributed by atoms with E-state index in [0.717, 1.165) is 0 Å². The molecule has 0 aliphatic rings. The topological polar surface area (TPSA) is 85.8 Å². The highest BCUT2D eigenvalue weighted by Gasteiger charge is 2.19. The third-order valence-electron chi connectivity index (χ3n) is 2.51. The van der Waals surface area contributed by atoms with Crippen LogP contribution >= 0.6 is 0 Å². The molecule has 0 spiro atoms. The summed E-state index contributed by atoms with van der Waals surface area (Å²) in [5, 5.41) is 10.3. The van der Waals surface area contributed by atoms with Gasteiger partial charge in [-0.25, -0.2) is 0 Å². The van der Waals surface area contributed by atoms with Crippen LogP contribution < -0.4 is 11.1 Å². The Balaban J connectivity index is 2.29. The van der Waals surface area contributed by atoms with Gasteiger partial charge in [0.2, 0.25) is 5.91 Å². The van der Waals surface area contributed by atoms with E-state index in [2.05, 4.69) is 15.6 Å². The second-order valence-corrected chi connectivity index (χ2v) is 4.04. The number of nitrogens with two attached hydrogens (primary N) is 1. The number of carbonyl (C=O) groups excluding carboxylic acids is 1. The summed E-state index contributed by atoms with van der Waals surface area (Å²) in [4.78, 5) is 11.7. The molecule has 1 amide bonds. The van der Waals surface area contributed by atoms with E-state index in [0.29, 0.717) is 19.6 Å². The third-order valence-corrected chi connectivity index (χ3v) is 2.51. The van der Waals surface area contributed by atoms with Crippen LogP contribution in [0.15, 0.2) is 12.4 Å². The normalized spacial score (nSPS) is 12.8. The Morgan fingerprint density at radius 3 is 2.81 bits per heavy atom. The fraction of sp³-hybridized carbons (Fsp3) is 0.700. The lowest BCUT2D eigenvalue weighted by molar-refractivity contribution is -0.125. The van der Waals surface area contributed by atoms with Crippen LogP contribution in [0, 0.1) is 11.8 Å². The largest absolute Gasteiger partial charge is 0.354 e. The van der Waals surface area contributed by atoms with Gasteiger partial charge in [0.15, 0.2) is 0 Å². The number of aromatic nitrogens is 3. The number of rotatable bonds is 6. The molecule has 0 aromatic carbocycles. The van der Waals surface area contributed by atoms with Crippen molar-refractivity contribution in [1.29, 1.82) is 0 Å². The van der Waals surface area contributed by atoms with Gasteiger partial charge in [-0.1, -0.05) is 19.1 Å². The summed E-state index contributed by atoms with van der Waals surface area (Å²) in [7, 11) is 0. The van der Waals surface area contributed by atoms with Gasteiger partial charge < -0.3 is 11.1 Å². The van der Waals surface area contributed by atoms with Crippen LogP contribution in [-0.4, -0.2) is 34.0 Å². The predicted octanol–water partition coefficient (Wildman–Crippen LogP) is -0.375. The fourth-order valence-corrected chi connectivity index (χ4v) is 1.46. The van der Waals surface area contributed by atoms with Crippen molar-refractivity contribution in [3.8, 4) is 0 Å². The highest BCUT2D eigenvalue weighted by Crippen LogP contribution is 2.08. The van der Waals surface area contributed by atoms with E-state index in [-0.39, 0.29) is 17.7 Å².